The van der Waals surface area contributed by atoms with E-state index in [1.807, 2.05) is 12.4 Å². The van der Waals surface area contributed by atoms with Gasteiger partial charge in [0.05, 0.1) is 0 Å². The van der Waals surface area contributed by atoms with Gasteiger partial charge in [0.2, 0.25) is 0 Å². The SMILES string of the molecule is CC/C=C\C=C(/C)CNCNCCCc1ccncc1. The van der Waals surface area contributed by atoms with Crippen molar-refractivity contribution in [3.8, 4) is 0 Å². The van der Waals surface area contributed by atoms with Crippen molar-refractivity contribution in [2.45, 2.75) is 33.1 Å². The zero-order chi connectivity index (χ0) is 14.5. The molecule has 0 aliphatic heterocycles. The van der Waals surface area contributed by atoms with Crippen LogP contribution in [0.1, 0.15) is 32.3 Å². The molecule has 1 heterocycles. The highest BCUT2D eigenvalue weighted by Crippen LogP contribution is 1.99. The van der Waals surface area contributed by atoms with E-state index in [-0.39, 0.29) is 0 Å². The monoisotopic (exact) mass is 273 g/mol. The second-order valence-electron chi connectivity index (χ2n) is 4.91. The number of nitrogens with one attached hydrogen (secondary N) is 2. The fraction of sp³-hybridized carbons (Fsp3) is 0.471. The van der Waals surface area contributed by atoms with Crippen LogP contribution in [0.5, 0.6) is 0 Å². The van der Waals surface area contributed by atoms with Gasteiger partial charge in [-0.2, -0.15) is 0 Å². The number of hydrogen-bond donors (Lipinski definition) is 2. The molecular weight excluding hydrogens is 246 g/mol. The van der Waals surface area contributed by atoms with Crippen LogP contribution in [-0.4, -0.2) is 24.7 Å². The molecule has 1 rings (SSSR count). The molecule has 0 fully saturated rings. The van der Waals surface area contributed by atoms with Crippen molar-refractivity contribution < 1.29 is 0 Å². The average Bonchev–Trinajstić information content (AvgIpc) is 2.47. The fourth-order valence-electron chi connectivity index (χ4n) is 1.83. The van der Waals surface area contributed by atoms with Crippen molar-refractivity contribution in [2.75, 3.05) is 19.8 Å². The normalized spacial score (nSPS) is 12.2. The van der Waals surface area contributed by atoms with E-state index < -0.39 is 0 Å². The van der Waals surface area contributed by atoms with Crippen LogP contribution in [0.15, 0.2) is 48.3 Å². The molecule has 0 unspecified atom stereocenters. The van der Waals surface area contributed by atoms with Gasteiger partial charge in [-0.15, -0.1) is 0 Å². The Morgan fingerprint density at radius 3 is 2.80 bits per heavy atom. The lowest BCUT2D eigenvalue weighted by atomic mass is 10.1. The van der Waals surface area contributed by atoms with Crippen molar-refractivity contribution in [1.29, 1.82) is 0 Å². The van der Waals surface area contributed by atoms with E-state index >= 15 is 0 Å². The highest BCUT2D eigenvalue weighted by molar-refractivity contribution is 5.11. The average molecular weight is 273 g/mol. The molecule has 0 amide bonds. The summed E-state index contributed by atoms with van der Waals surface area (Å²) in [5.74, 6) is 0. The van der Waals surface area contributed by atoms with E-state index in [1.165, 1.54) is 11.1 Å². The van der Waals surface area contributed by atoms with Crippen LogP contribution < -0.4 is 10.6 Å². The van der Waals surface area contributed by atoms with Crippen molar-refractivity contribution in [3.63, 3.8) is 0 Å². The molecule has 0 radical (unpaired) electrons. The number of pyridine rings is 1. The first-order chi connectivity index (χ1) is 9.83. The molecule has 0 aliphatic carbocycles. The second-order valence-corrected chi connectivity index (χ2v) is 4.91. The Bertz CT molecular complexity index is 396. The lowest BCUT2D eigenvalue weighted by Crippen LogP contribution is -2.30. The Morgan fingerprint density at radius 1 is 1.25 bits per heavy atom. The lowest BCUT2D eigenvalue weighted by Gasteiger charge is -2.07. The number of rotatable bonds is 10. The summed E-state index contributed by atoms with van der Waals surface area (Å²) in [4.78, 5) is 4.02. The summed E-state index contributed by atoms with van der Waals surface area (Å²) < 4.78 is 0. The van der Waals surface area contributed by atoms with E-state index in [1.54, 1.807) is 0 Å². The summed E-state index contributed by atoms with van der Waals surface area (Å²) in [5.41, 5.74) is 2.71. The zero-order valence-corrected chi connectivity index (χ0v) is 12.7. The molecular formula is C17H27N3. The van der Waals surface area contributed by atoms with Crippen LogP contribution in [0.3, 0.4) is 0 Å². The summed E-state index contributed by atoms with van der Waals surface area (Å²) in [6.07, 6.45) is 13.5. The summed E-state index contributed by atoms with van der Waals surface area (Å²) in [7, 11) is 0. The molecule has 0 bridgehead atoms. The number of hydrogen-bond acceptors (Lipinski definition) is 3. The molecule has 1 aromatic heterocycles. The van der Waals surface area contributed by atoms with Crippen LogP contribution in [0.2, 0.25) is 0 Å². The molecule has 0 saturated carbocycles. The van der Waals surface area contributed by atoms with Crippen molar-refractivity contribution >= 4 is 0 Å². The van der Waals surface area contributed by atoms with Gasteiger partial charge in [-0.1, -0.05) is 30.7 Å². The summed E-state index contributed by atoms with van der Waals surface area (Å²) in [6.45, 7) is 7.13. The van der Waals surface area contributed by atoms with Crippen LogP contribution in [0.25, 0.3) is 0 Å². The minimum atomic E-state index is 0.860. The third-order valence-electron chi connectivity index (χ3n) is 2.97. The van der Waals surface area contributed by atoms with Crippen LogP contribution in [-0.2, 0) is 6.42 Å². The second kappa shape index (κ2) is 11.4. The largest absolute Gasteiger partial charge is 0.304 e. The number of allylic oxidation sites excluding steroid dienone is 3. The molecule has 0 spiro atoms. The maximum absolute atomic E-state index is 4.02. The molecule has 20 heavy (non-hydrogen) atoms. The van der Waals surface area contributed by atoms with Crippen molar-refractivity contribution in [3.05, 3.63) is 53.9 Å². The molecule has 0 aliphatic rings. The van der Waals surface area contributed by atoms with E-state index in [4.69, 9.17) is 0 Å². The Balaban J connectivity index is 1.97. The summed E-state index contributed by atoms with van der Waals surface area (Å²) in [6, 6.07) is 4.16. The summed E-state index contributed by atoms with van der Waals surface area (Å²) in [5, 5.41) is 6.79. The minimum Gasteiger partial charge on any atom is -0.304 e. The van der Waals surface area contributed by atoms with Gasteiger partial charge in [0.15, 0.2) is 0 Å². The third kappa shape index (κ3) is 8.62. The smallest absolute Gasteiger partial charge is 0.0456 e. The van der Waals surface area contributed by atoms with Crippen molar-refractivity contribution in [2.24, 2.45) is 0 Å². The van der Waals surface area contributed by atoms with Gasteiger partial charge in [-0.05, 0) is 50.4 Å². The maximum atomic E-state index is 4.02. The topological polar surface area (TPSA) is 37.0 Å². The lowest BCUT2D eigenvalue weighted by molar-refractivity contribution is 0.586. The maximum Gasteiger partial charge on any atom is 0.0456 e. The zero-order valence-electron chi connectivity index (χ0n) is 12.7. The van der Waals surface area contributed by atoms with Gasteiger partial charge < -0.3 is 10.6 Å². The Hall–Kier alpha value is -1.45. The van der Waals surface area contributed by atoms with Gasteiger partial charge in [-0.25, -0.2) is 0 Å². The van der Waals surface area contributed by atoms with E-state index in [0.29, 0.717) is 0 Å². The van der Waals surface area contributed by atoms with Gasteiger partial charge in [0.1, 0.15) is 0 Å². The Kier molecular flexibility index (Phi) is 9.45. The quantitative estimate of drug-likeness (QED) is 0.391. The molecule has 3 nitrogen and oxygen atoms in total. The Labute approximate surface area is 123 Å². The van der Waals surface area contributed by atoms with Gasteiger partial charge in [0.25, 0.3) is 0 Å². The van der Waals surface area contributed by atoms with Crippen LogP contribution >= 0.6 is 0 Å². The summed E-state index contributed by atoms with van der Waals surface area (Å²) >= 11 is 0. The minimum absolute atomic E-state index is 0.860. The van der Waals surface area contributed by atoms with E-state index in [9.17, 15) is 0 Å². The number of aryl methyl sites for hydroxylation is 1. The third-order valence-corrected chi connectivity index (χ3v) is 2.97. The van der Waals surface area contributed by atoms with E-state index in [2.05, 4.69) is 59.8 Å². The molecule has 3 heteroatoms. The molecule has 2 N–H and O–H groups in total. The molecule has 0 aromatic carbocycles. The predicted octanol–water partition coefficient (Wildman–Crippen LogP) is 3.06. The Morgan fingerprint density at radius 2 is 2.05 bits per heavy atom. The molecule has 0 atom stereocenters. The predicted molar refractivity (Wildman–Crippen MR) is 86.6 cm³/mol. The first kappa shape index (κ1) is 16.6. The fourth-order valence-corrected chi connectivity index (χ4v) is 1.83. The standard InChI is InChI=1S/C17H27N3/c1-3-4-5-7-16(2)14-20-15-19-11-6-8-17-9-12-18-13-10-17/h4-5,7,9-10,12-13,19-20H,3,6,8,11,14-15H2,1-2H3/b5-4-,16-7+. The molecule has 110 valence electrons. The van der Waals surface area contributed by atoms with Crippen LogP contribution in [0, 0.1) is 0 Å². The van der Waals surface area contributed by atoms with Gasteiger partial charge in [-0.3, -0.25) is 4.98 Å². The number of aromatic nitrogens is 1. The van der Waals surface area contributed by atoms with Crippen molar-refractivity contribution in [1.82, 2.24) is 15.6 Å². The highest BCUT2D eigenvalue weighted by atomic mass is 15.0. The number of nitrogens with zero attached hydrogens (tertiary/aromatic N) is 1. The van der Waals surface area contributed by atoms with E-state index in [0.717, 1.165) is 39.0 Å². The first-order valence-electron chi connectivity index (χ1n) is 7.45. The highest BCUT2D eigenvalue weighted by Gasteiger charge is 1.92. The first-order valence-corrected chi connectivity index (χ1v) is 7.45. The van der Waals surface area contributed by atoms with Crippen LogP contribution in [0.4, 0.5) is 0 Å². The van der Waals surface area contributed by atoms with Gasteiger partial charge >= 0.3 is 0 Å². The molecule has 0 saturated heterocycles. The molecule has 1 aromatic rings. The van der Waals surface area contributed by atoms with Gasteiger partial charge in [0, 0.05) is 25.6 Å².